The number of para-hydroxylation sites is 1. The highest BCUT2D eigenvalue weighted by Crippen LogP contribution is 2.28. The number of carbonyl (C=O) groups excluding carboxylic acids is 2. The van der Waals surface area contributed by atoms with Gasteiger partial charge in [0.15, 0.2) is 0 Å². The fourth-order valence-electron chi connectivity index (χ4n) is 5.84. The van der Waals surface area contributed by atoms with Crippen LogP contribution in [0, 0.1) is 13.8 Å². The van der Waals surface area contributed by atoms with Gasteiger partial charge in [-0.1, -0.05) is 79.9 Å². The van der Waals surface area contributed by atoms with Crippen molar-refractivity contribution in [1.82, 2.24) is 10.2 Å². The van der Waals surface area contributed by atoms with E-state index >= 15 is 0 Å². The molecule has 230 valence electrons. The van der Waals surface area contributed by atoms with Crippen molar-refractivity contribution < 1.29 is 22.7 Å². The van der Waals surface area contributed by atoms with E-state index in [9.17, 15) is 18.0 Å². The molecule has 0 heterocycles. The molecule has 0 unspecified atom stereocenters. The maximum absolute atomic E-state index is 14.4. The van der Waals surface area contributed by atoms with Crippen LogP contribution in [0.2, 0.25) is 0 Å². The molecule has 3 aromatic carbocycles. The molecule has 1 fully saturated rings. The molecule has 9 heteroatoms. The van der Waals surface area contributed by atoms with Gasteiger partial charge >= 0.3 is 0 Å². The number of ether oxygens (including phenoxy) is 1. The van der Waals surface area contributed by atoms with E-state index in [2.05, 4.69) is 5.32 Å². The first-order chi connectivity index (χ1) is 20.6. The normalized spacial score (nSPS) is 14.5. The van der Waals surface area contributed by atoms with E-state index in [1.807, 2.05) is 86.6 Å². The van der Waals surface area contributed by atoms with Gasteiger partial charge in [0, 0.05) is 19.0 Å². The Morgan fingerprint density at radius 2 is 1.53 bits per heavy atom. The number of anilines is 1. The molecule has 1 aliphatic carbocycles. The Labute approximate surface area is 256 Å². The monoisotopic (exact) mass is 605 g/mol. The third-order valence-electron chi connectivity index (χ3n) is 8.08. The lowest BCUT2D eigenvalue weighted by Crippen LogP contribution is -2.55. The van der Waals surface area contributed by atoms with Crippen molar-refractivity contribution in [3.05, 3.63) is 95.1 Å². The van der Waals surface area contributed by atoms with Crippen molar-refractivity contribution in [3.63, 3.8) is 0 Å². The van der Waals surface area contributed by atoms with E-state index in [1.165, 1.54) is 4.90 Å². The number of carbonyl (C=O) groups is 2. The summed E-state index contributed by atoms with van der Waals surface area (Å²) >= 11 is 0. The van der Waals surface area contributed by atoms with Crippen LogP contribution in [0.5, 0.6) is 5.75 Å². The minimum Gasteiger partial charge on any atom is -0.497 e. The Kier molecular flexibility index (Phi) is 10.9. The second kappa shape index (κ2) is 14.6. The third-order valence-corrected chi connectivity index (χ3v) is 9.19. The molecule has 1 N–H and O–H groups in total. The maximum atomic E-state index is 14.4. The summed E-state index contributed by atoms with van der Waals surface area (Å²) < 4.78 is 32.9. The molecule has 43 heavy (non-hydrogen) atoms. The van der Waals surface area contributed by atoms with Gasteiger partial charge in [-0.05, 0) is 61.1 Å². The Morgan fingerprint density at radius 3 is 2.16 bits per heavy atom. The Morgan fingerprint density at radius 1 is 0.907 bits per heavy atom. The van der Waals surface area contributed by atoms with Crippen LogP contribution in [0.3, 0.4) is 0 Å². The molecule has 1 saturated carbocycles. The van der Waals surface area contributed by atoms with Gasteiger partial charge in [-0.25, -0.2) is 8.42 Å². The van der Waals surface area contributed by atoms with Crippen LogP contribution in [-0.4, -0.2) is 57.1 Å². The van der Waals surface area contributed by atoms with Gasteiger partial charge in [0.2, 0.25) is 21.8 Å². The number of hydrogen-bond acceptors (Lipinski definition) is 5. The minimum atomic E-state index is -3.84. The average Bonchev–Trinajstić information content (AvgIpc) is 2.98. The van der Waals surface area contributed by atoms with E-state index in [4.69, 9.17) is 4.74 Å². The highest BCUT2D eigenvalue weighted by atomic mass is 32.2. The summed E-state index contributed by atoms with van der Waals surface area (Å²) in [6.07, 6.45) is 6.47. The van der Waals surface area contributed by atoms with Gasteiger partial charge in [0.1, 0.15) is 18.3 Å². The van der Waals surface area contributed by atoms with Crippen LogP contribution in [0.1, 0.15) is 54.4 Å². The molecule has 0 saturated heterocycles. The van der Waals surface area contributed by atoms with Crippen LogP contribution in [0.25, 0.3) is 0 Å². The zero-order valence-corrected chi connectivity index (χ0v) is 26.4. The van der Waals surface area contributed by atoms with Crippen molar-refractivity contribution in [2.75, 3.05) is 24.2 Å². The second-order valence-electron chi connectivity index (χ2n) is 11.4. The van der Waals surface area contributed by atoms with Crippen molar-refractivity contribution in [1.29, 1.82) is 0 Å². The zero-order chi connectivity index (χ0) is 31.0. The average molecular weight is 606 g/mol. The van der Waals surface area contributed by atoms with Gasteiger partial charge in [0.05, 0.1) is 19.1 Å². The predicted octanol–water partition coefficient (Wildman–Crippen LogP) is 5.17. The van der Waals surface area contributed by atoms with E-state index < -0.39 is 28.5 Å². The molecule has 8 nitrogen and oxygen atoms in total. The molecular weight excluding hydrogens is 562 g/mol. The summed E-state index contributed by atoms with van der Waals surface area (Å²) in [6.45, 7) is 3.33. The van der Waals surface area contributed by atoms with Gasteiger partial charge in [-0.2, -0.15) is 0 Å². The molecule has 0 spiro atoms. The quantitative estimate of drug-likeness (QED) is 0.308. The zero-order valence-electron chi connectivity index (χ0n) is 25.6. The molecule has 1 aliphatic rings. The van der Waals surface area contributed by atoms with Gasteiger partial charge < -0.3 is 15.0 Å². The SMILES string of the molecule is COc1cccc(CN(C(=O)CN(c2c(C)cccc2C)S(C)(=O)=O)[C@@H](Cc2ccccc2)C(=O)NC2CCCCC2)c1. The van der Waals surface area contributed by atoms with Crippen molar-refractivity contribution >= 4 is 27.5 Å². The number of amides is 2. The van der Waals surface area contributed by atoms with Crippen LogP contribution in [0.15, 0.2) is 72.8 Å². The van der Waals surface area contributed by atoms with Crippen molar-refractivity contribution in [2.45, 2.75) is 71.0 Å². The van der Waals surface area contributed by atoms with Gasteiger partial charge in [-0.15, -0.1) is 0 Å². The summed E-state index contributed by atoms with van der Waals surface area (Å²) in [5, 5.41) is 3.23. The molecule has 0 aliphatic heterocycles. The standard InChI is InChI=1S/C34H43N3O5S/c1-25-13-11-14-26(2)33(25)37(43(4,40)41)24-32(38)36(23-28-17-12-20-30(21-28)42-3)31(22-27-15-7-5-8-16-27)34(39)35-29-18-9-6-10-19-29/h5,7-8,11-17,20-21,29,31H,6,9-10,18-19,22-24H2,1-4H3,(H,35,39)/t31-/m0/s1. The second-order valence-corrected chi connectivity index (χ2v) is 13.3. The van der Waals surface area contributed by atoms with Crippen LogP contribution >= 0.6 is 0 Å². The summed E-state index contributed by atoms with van der Waals surface area (Å²) in [4.78, 5) is 30.0. The fourth-order valence-corrected chi connectivity index (χ4v) is 6.81. The number of rotatable bonds is 12. The van der Waals surface area contributed by atoms with Crippen LogP contribution < -0.4 is 14.4 Å². The number of nitrogens with one attached hydrogen (secondary N) is 1. The Bertz CT molecular complexity index is 1480. The highest BCUT2D eigenvalue weighted by Gasteiger charge is 2.34. The summed E-state index contributed by atoms with van der Waals surface area (Å²) in [6, 6.07) is 21.7. The van der Waals surface area contributed by atoms with Gasteiger partial charge in [0.25, 0.3) is 0 Å². The van der Waals surface area contributed by atoms with Crippen LogP contribution in [-0.2, 0) is 32.6 Å². The van der Waals surface area contributed by atoms with Gasteiger partial charge in [-0.3, -0.25) is 13.9 Å². The summed E-state index contributed by atoms with van der Waals surface area (Å²) in [5.41, 5.74) is 3.64. The first-order valence-corrected chi connectivity index (χ1v) is 16.7. The minimum absolute atomic E-state index is 0.0513. The number of nitrogens with zero attached hydrogens (tertiary/aromatic N) is 2. The van der Waals surface area contributed by atoms with E-state index in [1.54, 1.807) is 7.11 Å². The van der Waals surface area contributed by atoms with E-state index in [0.29, 0.717) is 11.4 Å². The predicted molar refractivity (Wildman–Crippen MR) is 171 cm³/mol. The number of sulfonamides is 1. The molecule has 2 amide bonds. The van der Waals surface area contributed by atoms with Crippen molar-refractivity contribution in [2.24, 2.45) is 0 Å². The number of aryl methyl sites for hydroxylation is 2. The molecule has 1 atom stereocenters. The molecular formula is C34H43N3O5S. The first-order valence-electron chi connectivity index (χ1n) is 14.9. The maximum Gasteiger partial charge on any atom is 0.244 e. The van der Waals surface area contributed by atoms with E-state index in [0.717, 1.165) is 64.9 Å². The third kappa shape index (κ3) is 8.60. The first kappa shape index (κ1) is 32.1. The fraction of sp³-hybridized carbons (Fsp3) is 0.412. The largest absolute Gasteiger partial charge is 0.497 e. The summed E-state index contributed by atoms with van der Waals surface area (Å²) in [7, 11) is -2.26. The Hall–Kier alpha value is -3.85. The lowest BCUT2D eigenvalue weighted by Gasteiger charge is -2.35. The number of methoxy groups -OCH3 is 1. The lowest BCUT2D eigenvalue weighted by molar-refractivity contribution is -0.140. The molecule has 0 bridgehead atoms. The topological polar surface area (TPSA) is 96.0 Å². The van der Waals surface area contributed by atoms with Crippen molar-refractivity contribution in [3.8, 4) is 5.75 Å². The molecule has 0 radical (unpaired) electrons. The summed E-state index contributed by atoms with van der Waals surface area (Å²) in [5.74, 6) is -0.0648. The smallest absolute Gasteiger partial charge is 0.244 e. The molecule has 3 aromatic rings. The Balaban J connectivity index is 1.76. The lowest BCUT2D eigenvalue weighted by atomic mass is 9.94. The molecule has 0 aromatic heterocycles. The highest BCUT2D eigenvalue weighted by molar-refractivity contribution is 7.92. The number of hydrogen-bond donors (Lipinski definition) is 1. The van der Waals surface area contributed by atoms with E-state index in [-0.39, 0.29) is 24.9 Å². The van der Waals surface area contributed by atoms with Crippen LogP contribution in [0.4, 0.5) is 5.69 Å². The number of benzene rings is 3. The molecule has 4 rings (SSSR count).